The Balaban J connectivity index is 1.63. The molecule has 4 fully saturated rings. The summed E-state index contributed by atoms with van der Waals surface area (Å²) in [5.74, 6) is 0.269. The summed E-state index contributed by atoms with van der Waals surface area (Å²) in [5.41, 5.74) is 0. The van der Waals surface area contributed by atoms with Gasteiger partial charge in [-0.15, -0.1) is 0 Å². The molecule has 4 heterocycles. The summed E-state index contributed by atoms with van der Waals surface area (Å²) in [4.78, 5) is 22.4. The van der Waals surface area contributed by atoms with Crippen molar-refractivity contribution in [2.24, 2.45) is 5.92 Å². The summed E-state index contributed by atoms with van der Waals surface area (Å²) < 4.78 is 0. The Hall–Kier alpha value is -0.690. The molecule has 0 aliphatic carbocycles. The van der Waals surface area contributed by atoms with Crippen LogP contribution < -0.4 is 0 Å². The van der Waals surface area contributed by atoms with E-state index >= 15 is 0 Å². The molecule has 6 heteroatoms. The van der Waals surface area contributed by atoms with Gasteiger partial charge in [0.2, 0.25) is 5.91 Å². The van der Waals surface area contributed by atoms with E-state index in [0.29, 0.717) is 12.6 Å². The van der Waals surface area contributed by atoms with Gasteiger partial charge >= 0.3 is 0 Å². The molecule has 3 atom stereocenters. The van der Waals surface area contributed by atoms with E-state index in [1.165, 1.54) is 19.5 Å². The molecule has 4 saturated heterocycles. The van der Waals surface area contributed by atoms with Gasteiger partial charge in [-0.1, -0.05) is 0 Å². The molecular formula is C14H24N4O2. The highest BCUT2D eigenvalue weighted by molar-refractivity contribution is 5.80. The Morgan fingerprint density at radius 2 is 1.65 bits per heavy atom. The molecule has 0 radical (unpaired) electrons. The van der Waals surface area contributed by atoms with Crippen molar-refractivity contribution in [2.45, 2.75) is 25.2 Å². The van der Waals surface area contributed by atoms with Gasteiger partial charge in [0.05, 0.1) is 12.1 Å². The first-order chi connectivity index (χ1) is 9.79. The lowest BCUT2D eigenvalue weighted by molar-refractivity contribution is -0.199. The standard InChI is InChI=1S/C14H24N4O2/c19-9-2-11-10-17-6-5-15-3-1-4-16-7-8-18(14(11)20)13(17)12(15)16/h11-13,19H,1-10H2/t11-,12+,13-/m0/s1. The molecule has 0 unspecified atom stereocenters. The van der Waals surface area contributed by atoms with Crippen LogP contribution in [0.1, 0.15) is 12.8 Å². The number of amides is 1. The number of aliphatic hydroxyl groups excluding tert-OH is 1. The lowest BCUT2D eigenvalue weighted by Gasteiger charge is -2.62. The highest BCUT2D eigenvalue weighted by Gasteiger charge is 2.52. The minimum absolute atomic E-state index is 0.00191. The molecule has 1 N–H and O–H groups in total. The van der Waals surface area contributed by atoms with Gasteiger partial charge in [0, 0.05) is 52.4 Å². The van der Waals surface area contributed by atoms with Crippen molar-refractivity contribution >= 4 is 5.91 Å². The second-order valence-electron chi connectivity index (χ2n) is 6.49. The predicted molar refractivity (Wildman–Crippen MR) is 73.8 cm³/mol. The van der Waals surface area contributed by atoms with Crippen molar-refractivity contribution in [1.29, 1.82) is 0 Å². The lowest BCUT2D eigenvalue weighted by atomic mass is 9.94. The number of hydrogen-bond acceptors (Lipinski definition) is 5. The molecule has 20 heavy (non-hydrogen) atoms. The first-order valence-corrected chi connectivity index (χ1v) is 7.93. The maximum Gasteiger partial charge on any atom is 0.228 e. The lowest BCUT2D eigenvalue weighted by Crippen LogP contribution is -2.79. The van der Waals surface area contributed by atoms with Gasteiger partial charge in [-0.05, 0) is 12.8 Å². The van der Waals surface area contributed by atoms with Crippen LogP contribution in [0, 0.1) is 5.92 Å². The van der Waals surface area contributed by atoms with Crippen LogP contribution in [-0.2, 0) is 4.79 Å². The largest absolute Gasteiger partial charge is 0.396 e. The van der Waals surface area contributed by atoms with Crippen molar-refractivity contribution in [3.05, 3.63) is 0 Å². The second kappa shape index (κ2) is 4.94. The van der Waals surface area contributed by atoms with Gasteiger partial charge in [0.1, 0.15) is 6.17 Å². The van der Waals surface area contributed by atoms with E-state index in [0.717, 1.165) is 32.7 Å². The van der Waals surface area contributed by atoms with E-state index in [1.807, 2.05) is 0 Å². The van der Waals surface area contributed by atoms with E-state index in [-0.39, 0.29) is 24.6 Å². The minimum Gasteiger partial charge on any atom is -0.396 e. The van der Waals surface area contributed by atoms with Gasteiger partial charge in [-0.25, -0.2) is 0 Å². The summed E-state index contributed by atoms with van der Waals surface area (Å²) in [6.07, 6.45) is 2.52. The van der Waals surface area contributed by atoms with Crippen LogP contribution in [0.5, 0.6) is 0 Å². The average Bonchev–Trinajstić information content (AvgIpc) is 2.48. The Labute approximate surface area is 119 Å². The zero-order valence-corrected chi connectivity index (χ0v) is 11.9. The summed E-state index contributed by atoms with van der Waals surface area (Å²) >= 11 is 0. The SMILES string of the molecule is O=C1[C@@H](CCO)CN2CCN3CCCN4CCN1[C@H]2[C@H]34. The Bertz CT molecular complexity index is 399. The number of aliphatic hydroxyl groups is 1. The van der Waals surface area contributed by atoms with E-state index < -0.39 is 0 Å². The van der Waals surface area contributed by atoms with E-state index in [2.05, 4.69) is 19.6 Å². The maximum atomic E-state index is 12.7. The fourth-order valence-corrected chi connectivity index (χ4v) is 4.55. The first kappa shape index (κ1) is 13.0. The van der Waals surface area contributed by atoms with Crippen LogP contribution in [0.4, 0.5) is 0 Å². The molecule has 0 aromatic rings. The van der Waals surface area contributed by atoms with Crippen molar-refractivity contribution in [3.63, 3.8) is 0 Å². The van der Waals surface area contributed by atoms with Crippen molar-refractivity contribution in [1.82, 2.24) is 19.6 Å². The fourth-order valence-electron chi connectivity index (χ4n) is 4.55. The fraction of sp³-hybridized carbons (Fsp3) is 0.929. The van der Waals surface area contributed by atoms with Gasteiger partial charge in [-0.2, -0.15) is 0 Å². The molecule has 4 rings (SSSR count). The summed E-state index contributed by atoms with van der Waals surface area (Å²) in [5, 5.41) is 9.18. The normalized spacial score (nSPS) is 39.0. The number of carbonyl (C=O) groups is 1. The number of nitrogens with zero attached hydrogens (tertiary/aromatic N) is 4. The number of piperazine rings is 2. The second-order valence-corrected chi connectivity index (χ2v) is 6.49. The molecule has 0 spiro atoms. The summed E-state index contributed by atoms with van der Waals surface area (Å²) in [6.45, 7) is 7.33. The predicted octanol–water partition coefficient (Wildman–Crippen LogP) is -1.18. The van der Waals surface area contributed by atoms with Gasteiger partial charge in [0.25, 0.3) is 0 Å². The molecule has 0 bridgehead atoms. The number of hydrogen-bond donors (Lipinski definition) is 1. The molecule has 1 amide bonds. The minimum atomic E-state index is -0.00191. The molecule has 4 aliphatic heterocycles. The van der Waals surface area contributed by atoms with E-state index in [4.69, 9.17) is 0 Å². The first-order valence-electron chi connectivity index (χ1n) is 7.93. The molecular weight excluding hydrogens is 256 g/mol. The van der Waals surface area contributed by atoms with Crippen LogP contribution in [0.3, 0.4) is 0 Å². The van der Waals surface area contributed by atoms with E-state index in [9.17, 15) is 9.90 Å². The van der Waals surface area contributed by atoms with Crippen LogP contribution in [-0.4, -0.2) is 95.4 Å². The Morgan fingerprint density at radius 3 is 2.40 bits per heavy atom. The van der Waals surface area contributed by atoms with Crippen LogP contribution in [0.2, 0.25) is 0 Å². The zero-order chi connectivity index (χ0) is 13.7. The summed E-state index contributed by atoms with van der Waals surface area (Å²) in [6, 6.07) is 0. The third-order valence-electron chi connectivity index (χ3n) is 5.47. The van der Waals surface area contributed by atoms with Crippen LogP contribution in [0.15, 0.2) is 0 Å². The monoisotopic (exact) mass is 280 g/mol. The molecule has 0 aromatic heterocycles. The van der Waals surface area contributed by atoms with Crippen LogP contribution in [0.25, 0.3) is 0 Å². The third-order valence-corrected chi connectivity index (χ3v) is 5.47. The Kier molecular flexibility index (Phi) is 3.22. The molecule has 0 aromatic carbocycles. The van der Waals surface area contributed by atoms with Crippen molar-refractivity contribution in [3.8, 4) is 0 Å². The maximum absolute atomic E-state index is 12.7. The van der Waals surface area contributed by atoms with Gasteiger partial charge in [-0.3, -0.25) is 19.5 Å². The highest BCUT2D eigenvalue weighted by atomic mass is 16.3. The molecule has 6 nitrogen and oxygen atoms in total. The molecule has 4 aliphatic rings. The zero-order valence-electron chi connectivity index (χ0n) is 11.9. The quantitative estimate of drug-likeness (QED) is 0.690. The van der Waals surface area contributed by atoms with Crippen molar-refractivity contribution in [2.75, 3.05) is 52.4 Å². The number of rotatable bonds is 2. The third kappa shape index (κ3) is 1.82. The smallest absolute Gasteiger partial charge is 0.228 e. The number of carbonyl (C=O) groups excluding carboxylic acids is 1. The van der Waals surface area contributed by atoms with Crippen molar-refractivity contribution < 1.29 is 9.90 Å². The average molecular weight is 280 g/mol. The molecule has 0 saturated carbocycles. The molecule has 112 valence electrons. The summed E-state index contributed by atoms with van der Waals surface area (Å²) in [7, 11) is 0. The Morgan fingerprint density at radius 1 is 0.950 bits per heavy atom. The van der Waals surface area contributed by atoms with E-state index in [1.54, 1.807) is 0 Å². The van der Waals surface area contributed by atoms with Crippen LogP contribution >= 0.6 is 0 Å². The highest BCUT2D eigenvalue weighted by Crippen LogP contribution is 2.34. The van der Waals surface area contributed by atoms with Gasteiger partial charge in [0.15, 0.2) is 0 Å². The topological polar surface area (TPSA) is 50.3 Å². The van der Waals surface area contributed by atoms with Gasteiger partial charge < -0.3 is 10.0 Å².